The smallest absolute Gasteiger partial charge is 0.329 e. The number of nitrogens with zero attached hydrogens (tertiary/aromatic N) is 2. The van der Waals surface area contributed by atoms with Crippen LogP contribution in [0.1, 0.15) is 33.6 Å². The lowest BCUT2D eigenvalue weighted by Gasteiger charge is -2.31. The molecule has 2 N–H and O–H groups in total. The van der Waals surface area contributed by atoms with E-state index in [0.29, 0.717) is 6.54 Å². The van der Waals surface area contributed by atoms with Gasteiger partial charge >= 0.3 is 5.97 Å². The first-order valence-electron chi connectivity index (χ1n) is 7.15. The Morgan fingerprint density at radius 1 is 1.45 bits per heavy atom. The van der Waals surface area contributed by atoms with Gasteiger partial charge in [0.15, 0.2) is 0 Å². The van der Waals surface area contributed by atoms with Crippen LogP contribution in [0.25, 0.3) is 0 Å². The van der Waals surface area contributed by atoms with E-state index < -0.39 is 5.60 Å². The van der Waals surface area contributed by atoms with Gasteiger partial charge < -0.3 is 19.9 Å². The average molecular weight is 279 g/mol. The molecule has 1 aromatic heterocycles. The molecule has 2 rings (SSSR count). The van der Waals surface area contributed by atoms with Gasteiger partial charge in [-0.1, -0.05) is 0 Å². The van der Waals surface area contributed by atoms with Crippen molar-refractivity contribution < 1.29 is 9.53 Å². The van der Waals surface area contributed by atoms with Crippen LogP contribution >= 0.6 is 0 Å². The molecule has 0 aromatic carbocycles. The Balaban J connectivity index is 2.21. The van der Waals surface area contributed by atoms with E-state index in [-0.39, 0.29) is 18.1 Å². The van der Waals surface area contributed by atoms with Crippen molar-refractivity contribution in [1.29, 1.82) is 0 Å². The number of aromatic nitrogens is 1. The fraction of sp³-hybridized carbons (Fsp3) is 0.667. The molecule has 0 amide bonds. The standard InChI is InChI=1S/C15H25N3O2/c1-15(2,3)20-14(19)13-6-5-11(9-16)18(13)12-7-8-17(4)10-12/h7-8,10-11,13H,5-6,9,16H2,1-4H3/t11-,13+/m0/s1. The molecule has 2 heterocycles. The number of anilines is 1. The number of esters is 1. The van der Waals surface area contributed by atoms with E-state index in [1.165, 1.54) is 0 Å². The van der Waals surface area contributed by atoms with Crippen LogP contribution in [0.4, 0.5) is 5.69 Å². The Morgan fingerprint density at radius 2 is 2.15 bits per heavy atom. The monoisotopic (exact) mass is 279 g/mol. The van der Waals surface area contributed by atoms with Crippen LogP contribution in [0, 0.1) is 0 Å². The molecule has 0 radical (unpaired) electrons. The summed E-state index contributed by atoms with van der Waals surface area (Å²) in [5.41, 5.74) is 6.44. The van der Waals surface area contributed by atoms with Gasteiger partial charge in [-0.25, -0.2) is 4.79 Å². The lowest BCUT2D eigenvalue weighted by Crippen LogP contribution is -2.46. The van der Waals surface area contributed by atoms with Crippen molar-refractivity contribution in [3.8, 4) is 0 Å². The van der Waals surface area contributed by atoms with Crippen LogP contribution in [-0.2, 0) is 16.6 Å². The van der Waals surface area contributed by atoms with Gasteiger partial charge in [-0.05, 0) is 39.7 Å². The largest absolute Gasteiger partial charge is 0.458 e. The van der Waals surface area contributed by atoms with Crippen LogP contribution in [0.2, 0.25) is 0 Å². The summed E-state index contributed by atoms with van der Waals surface area (Å²) in [5, 5.41) is 0. The fourth-order valence-corrected chi connectivity index (χ4v) is 2.75. The maximum absolute atomic E-state index is 12.4. The molecule has 0 unspecified atom stereocenters. The maximum atomic E-state index is 12.4. The first-order chi connectivity index (χ1) is 9.31. The summed E-state index contributed by atoms with van der Waals surface area (Å²) in [6.45, 7) is 6.24. The van der Waals surface area contributed by atoms with Crippen molar-refractivity contribution in [3.63, 3.8) is 0 Å². The molecule has 5 nitrogen and oxygen atoms in total. The van der Waals surface area contributed by atoms with Gasteiger partial charge in [-0.3, -0.25) is 0 Å². The Labute approximate surface area is 120 Å². The Morgan fingerprint density at radius 3 is 2.65 bits per heavy atom. The molecule has 1 fully saturated rings. The Hall–Kier alpha value is -1.49. The number of aryl methyl sites for hydroxylation is 1. The summed E-state index contributed by atoms with van der Waals surface area (Å²) >= 11 is 0. The number of carbonyl (C=O) groups excluding carboxylic acids is 1. The minimum Gasteiger partial charge on any atom is -0.458 e. The lowest BCUT2D eigenvalue weighted by molar-refractivity contribution is -0.156. The van der Waals surface area contributed by atoms with Crippen LogP contribution in [0.15, 0.2) is 18.5 Å². The van der Waals surface area contributed by atoms with Crippen molar-refractivity contribution in [2.24, 2.45) is 12.8 Å². The first kappa shape index (κ1) is 14.9. The van der Waals surface area contributed by atoms with E-state index in [0.717, 1.165) is 18.5 Å². The van der Waals surface area contributed by atoms with Crippen molar-refractivity contribution in [1.82, 2.24) is 4.57 Å². The molecule has 5 heteroatoms. The molecule has 1 saturated heterocycles. The van der Waals surface area contributed by atoms with Crippen molar-refractivity contribution in [3.05, 3.63) is 18.5 Å². The number of ether oxygens (including phenoxy) is 1. The third kappa shape index (κ3) is 3.15. The third-order valence-corrected chi connectivity index (χ3v) is 3.57. The predicted octanol–water partition coefficient (Wildman–Crippen LogP) is 1.66. The molecule has 1 aromatic rings. The molecular formula is C15H25N3O2. The van der Waals surface area contributed by atoms with E-state index in [1.807, 2.05) is 50.8 Å². The van der Waals surface area contributed by atoms with Crippen LogP contribution in [0.3, 0.4) is 0 Å². The highest BCUT2D eigenvalue weighted by atomic mass is 16.6. The van der Waals surface area contributed by atoms with E-state index in [9.17, 15) is 4.79 Å². The molecule has 112 valence electrons. The molecule has 2 atom stereocenters. The molecule has 1 aliphatic heterocycles. The van der Waals surface area contributed by atoms with E-state index in [1.54, 1.807) is 0 Å². The number of nitrogens with two attached hydrogens (primary N) is 1. The Bertz CT molecular complexity index is 476. The molecule has 1 aliphatic rings. The second-order valence-corrected chi connectivity index (χ2v) is 6.46. The van der Waals surface area contributed by atoms with Gasteiger partial charge in [0.1, 0.15) is 11.6 Å². The van der Waals surface area contributed by atoms with E-state index in [4.69, 9.17) is 10.5 Å². The predicted molar refractivity (Wildman–Crippen MR) is 79.6 cm³/mol. The van der Waals surface area contributed by atoms with E-state index >= 15 is 0 Å². The summed E-state index contributed by atoms with van der Waals surface area (Å²) < 4.78 is 7.52. The number of hydrogen-bond donors (Lipinski definition) is 1. The highest BCUT2D eigenvalue weighted by Crippen LogP contribution is 2.31. The zero-order chi connectivity index (χ0) is 14.9. The second-order valence-electron chi connectivity index (χ2n) is 6.46. The van der Waals surface area contributed by atoms with Crippen LogP contribution in [0.5, 0.6) is 0 Å². The minimum absolute atomic E-state index is 0.155. The molecule has 0 saturated carbocycles. The van der Waals surface area contributed by atoms with Crippen LogP contribution in [-0.4, -0.2) is 34.8 Å². The van der Waals surface area contributed by atoms with Gasteiger partial charge in [-0.15, -0.1) is 0 Å². The number of hydrogen-bond acceptors (Lipinski definition) is 4. The lowest BCUT2D eigenvalue weighted by atomic mass is 10.1. The van der Waals surface area contributed by atoms with Gasteiger partial charge in [0.2, 0.25) is 0 Å². The zero-order valence-electron chi connectivity index (χ0n) is 12.8. The summed E-state index contributed by atoms with van der Waals surface area (Å²) in [6, 6.07) is 1.99. The number of carbonyl (C=O) groups is 1. The van der Waals surface area contributed by atoms with E-state index in [2.05, 4.69) is 4.90 Å². The van der Waals surface area contributed by atoms with Gasteiger partial charge in [0.25, 0.3) is 0 Å². The molecule has 0 aliphatic carbocycles. The van der Waals surface area contributed by atoms with Crippen molar-refractivity contribution in [2.75, 3.05) is 11.4 Å². The van der Waals surface area contributed by atoms with Gasteiger partial charge in [-0.2, -0.15) is 0 Å². The van der Waals surface area contributed by atoms with Gasteiger partial charge in [0.05, 0.1) is 5.69 Å². The number of rotatable bonds is 3. The fourth-order valence-electron chi connectivity index (χ4n) is 2.75. The second kappa shape index (κ2) is 5.48. The minimum atomic E-state index is -0.458. The molecular weight excluding hydrogens is 254 g/mol. The first-order valence-corrected chi connectivity index (χ1v) is 7.15. The summed E-state index contributed by atoms with van der Waals surface area (Å²) in [5.74, 6) is -0.155. The Kier molecular flexibility index (Phi) is 4.09. The molecule has 20 heavy (non-hydrogen) atoms. The van der Waals surface area contributed by atoms with Crippen LogP contribution < -0.4 is 10.6 Å². The SMILES string of the molecule is Cn1ccc(N2[C@H](CN)CC[C@@H]2C(=O)OC(C)(C)C)c1. The topological polar surface area (TPSA) is 60.5 Å². The summed E-state index contributed by atoms with van der Waals surface area (Å²) in [6.07, 6.45) is 5.72. The third-order valence-electron chi connectivity index (χ3n) is 3.57. The highest BCUT2D eigenvalue weighted by Gasteiger charge is 2.39. The summed E-state index contributed by atoms with van der Waals surface area (Å²) in [7, 11) is 1.97. The normalized spacial score (nSPS) is 23.1. The quantitative estimate of drug-likeness (QED) is 0.855. The van der Waals surface area contributed by atoms with Crippen molar-refractivity contribution in [2.45, 2.75) is 51.3 Å². The maximum Gasteiger partial charge on any atom is 0.329 e. The molecule has 0 spiro atoms. The average Bonchev–Trinajstić information content (AvgIpc) is 2.91. The van der Waals surface area contributed by atoms with Crippen molar-refractivity contribution >= 4 is 11.7 Å². The zero-order valence-corrected chi connectivity index (χ0v) is 12.8. The summed E-state index contributed by atoms with van der Waals surface area (Å²) in [4.78, 5) is 14.5. The highest BCUT2D eigenvalue weighted by molar-refractivity contribution is 5.81. The molecule has 0 bridgehead atoms. The van der Waals surface area contributed by atoms with Gasteiger partial charge in [0, 0.05) is 32.0 Å².